The lowest BCUT2D eigenvalue weighted by atomic mass is 10.2. The summed E-state index contributed by atoms with van der Waals surface area (Å²) in [6.07, 6.45) is 2.23. The van der Waals surface area contributed by atoms with Gasteiger partial charge in [-0.05, 0) is 48.4 Å². The van der Waals surface area contributed by atoms with E-state index in [-0.39, 0.29) is 0 Å². The van der Waals surface area contributed by atoms with E-state index in [1.807, 2.05) is 12.1 Å². The molecule has 26 heavy (non-hydrogen) atoms. The van der Waals surface area contributed by atoms with Gasteiger partial charge >= 0.3 is 0 Å². The second-order valence-corrected chi connectivity index (χ2v) is 10.4. The summed E-state index contributed by atoms with van der Waals surface area (Å²) in [6, 6.07) is 29.2. The fraction of sp³-hybridized carbons (Fsp3) is 0.217. The SMILES string of the molecule is CCCCOc1ccc(CS(Cl)(c2ccccc2)c2ccccc2)cc1. The van der Waals surface area contributed by atoms with Crippen molar-refractivity contribution in [1.82, 2.24) is 0 Å². The van der Waals surface area contributed by atoms with Crippen LogP contribution < -0.4 is 4.74 Å². The summed E-state index contributed by atoms with van der Waals surface area (Å²) in [7, 11) is 5.67. The Balaban J connectivity index is 1.85. The molecule has 3 heteroatoms. The third-order valence-corrected chi connectivity index (χ3v) is 8.46. The number of hydrogen-bond donors (Lipinski definition) is 0. The average Bonchev–Trinajstić information content (AvgIpc) is 2.71. The van der Waals surface area contributed by atoms with E-state index in [2.05, 4.69) is 79.7 Å². The van der Waals surface area contributed by atoms with Gasteiger partial charge in [0.2, 0.25) is 0 Å². The van der Waals surface area contributed by atoms with Crippen molar-refractivity contribution < 1.29 is 4.74 Å². The summed E-state index contributed by atoms with van der Waals surface area (Å²) < 4.78 is 5.77. The van der Waals surface area contributed by atoms with Crippen LogP contribution >= 0.6 is 19.9 Å². The van der Waals surface area contributed by atoms with E-state index in [0.29, 0.717) is 0 Å². The molecule has 3 rings (SSSR count). The first kappa shape index (κ1) is 18.9. The van der Waals surface area contributed by atoms with Crippen molar-refractivity contribution >= 4 is 19.9 Å². The minimum Gasteiger partial charge on any atom is -0.494 e. The molecule has 0 amide bonds. The Morgan fingerprint density at radius 1 is 0.769 bits per heavy atom. The van der Waals surface area contributed by atoms with Crippen molar-refractivity contribution in [3.05, 3.63) is 90.5 Å². The predicted molar refractivity (Wildman–Crippen MR) is 113 cm³/mol. The molecule has 0 unspecified atom stereocenters. The van der Waals surface area contributed by atoms with Crippen LogP contribution in [-0.4, -0.2) is 6.61 Å². The molecule has 0 aromatic heterocycles. The van der Waals surface area contributed by atoms with Crippen LogP contribution in [0.2, 0.25) is 0 Å². The lowest BCUT2D eigenvalue weighted by Gasteiger charge is -2.34. The molecule has 0 radical (unpaired) electrons. The van der Waals surface area contributed by atoms with Crippen LogP contribution in [0.5, 0.6) is 5.75 Å². The standard InChI is InChI=1S/C23H25ClOS/c1-2-3-18-25-21-16-14-20(15-17-21)19-26(24,22-10-6-4-7-11-22)23-12-8-5-9-13-23/h4-17H,2-3,18-19H2,1H3. The van der Waals surface area contributed by atoms with Gasteiger partial charge in [-0.15, -0.1) is 9.24 Å². The second-order valence-electron chi connectivity index (χ2n) is 6.27. The summed E-state index contributed by atoms with van der Waals surface area (Å²) in [5.74, 6) is 1.73. The van der Waals surface area contributed by atoms with E-state index < -0.39 is 9.24 Å². The molecule has 0 bridgehead atoms. The van der Waals surface area contributed by atoms with Crippen LogP contribution in [0.3, 0.4) is 0 Å². The summed E-state index contributed by atoms with van der Waals surface area (Å²) >= 11 is 0. The lowest BCUT2D eigenvalue weighted by molar-refractivity contribution is 0.309. The second kappa shape index (κ2) is 9.16. The first-order valence-corrected chi connectivity index (χ1v) is 11.7. The normalized spacial score (nSPS) is 11.9. The van der Waals surface area contributed by atoms with Gasteiger partial charge in [0.05, 0.1) is 6.61 Å². The maximum Gasteiger partial charge on any atom is 0.119 e. The topological polar surface area (TPSA) is 9.23 Å². The molecule has 0 saturated heterocycles. The molecule has 136 valence electrons. The predicted octanol–water partition coefficient (Wildman–Crippen LogP) is 7.44. The summed E-state index contributed by atoms with van der Waals surface area (Å²) in [5.41, 5.74) is 1.23. The Morgan fingerprint density at radius 3 is 1.81 bits per heavy atom. The monoisotopic (exact) mass is 384 g/mol. The maximum absolute atomic E-state index is 7.32. The van der Waals surface area contributed by atoms with Crippen molar-refractivity contribution in [3.63, 3.8) is 0 Å². The van der Waals surface area contributed by atoms with Gasteiger partial charge in [0, 0.05) is 15.5 Å². The maximum atomic E-state index is 7.32. The number of benzene rings is 3. The molecule has 0 atom stereocenters. The Bertz CT molecular complexity index is 748. The molecule has 0 N–H and O–H groups in total. The van der Waals surface area contributed by atoms with Crippen LogP contribution in [0.4, 0.5) is 0 Å². The Morgan fingerprint density at radius 2 is 1.31 bits per heavy atom. The molecule has 0 aliphatic rings. The van der Waals surface area contributed by atoms with Crippen LogP contribution in [-0.2, 0) is 5.75 Å². The van der Waals surface area contributed by atoms with E-state index in [4.69, 9.17) is 15.4 Å². The van der Waals surface area contributed by atoms with Crippen molar-refractivity contribution in [2.45, 2.75) is 35.3 Å². The third kappa shape index (κ3) is 4.63. The molecule has 3 aromatic carbocycles. The molecule has 0 heterocycles. The van der Waals surface area contributed by atoms with E-state index in [1.165, 1.54) is 15.4 Å². The molecule has 0 saturated carbocycles. The highest BCUT2D eigenvalue weighted by Gasteiger charge is 2.26. The number of rotatable bonds is 8. The highest BCUT2D eigenvalue weighted by Crippen LogP contribution is 2.68. The smallest absolute Gasteiger partial charge is 0.119 e. The van der Waals surface area contributed by atoms with Crippen molar-refractivity contribution in [2.75, 3.05) is 6.61 Å². The highest BCUT2D eigenvalue weighted by atomic mass is 35.7. The Hall–Kier alpha value is -1.90. The summed E-state index contributed by atoms with van der Waals surface area (Å²) in [5, 5.41) is 0. The number of unbranched alkanes of at least 4 members (excludes halogenated alkanes) is 1. The number of ether oxygens (including phenoxy) is 1. The zero-order chi connectivity index (χ0) is 18.2. The van der Waals surface area contributed by atoms with Gasteiger partial charge in [-0.25, -0.2) is 0 Å². The molecule has 0 aliphatic heterocycles. The average molecular weight is 385 g/mol. The Labute approximate surface area is 162 Å². The van der Waals surface area contributed by atoms with Crippen LogP contribution in [0.25, 0.3) is 0 Å². The highest BCUT2D eigenvalue weighted by molar-refractivity contribution is 8.50. The van der Waals surface area contributed by atoms with Gasteiger partial charge in [0.1, 0.15) is 5.75 Å². The summed E-state index contributed by atoms with van der Waals surface area (Å²) in [4.78, 5) is 2.38. The van der Waals surface area contributed by atoms with E-state index in [0.717, 1.165) is 31.0 Å². The molecule has 0 spiro atoms. The molecule has 0 aliphatic carbocycles. The molecular weight excluding hydrogens is 360 g/mol. The van der Waals surface area contributed by atoms with Gasteiger partial charge in [-0.1, -0.05) is 72.6 Å². The van der Waals surface area contributed by atoms with Crippen LogP contribution in [0, 0.1) is 0 Å². The Kier molecular flexibility index (Phi) is 6.65. The number of hydrogen-bond acceptors (Lipinski definition) is 1. The van der Waals surface area contributed by atoms with E-state index in [9.17, 15) is 0 Å². The fourth-order valence-electron chi connectivity index (χ4n) is 2.82. The molecule has 3 aromatic rings. The van der Waals surface area contributed by atoms with Crippen LogP contribution in [0.15, 0.2) is 94.7 Å². The van der Waals surface area contributed by atoms with Gasteiger partial charge in [0.25, 0.3) is 0 Å². The molecule has 0 fully saturated rings. The minimum absolute atomic E-state index is 0.772. The quantitative estimate of drug-likeness (QED) is 0.366. The van der Waals surface area contributed by atoms with E-state index >= 15 is 0 Å². The first-order valence-electron chi connectivity index (χ1n) is 9.05. The minimum atomic E-state index is -1.65. The van der Waals surface area contributed by atoms with Gasteiger partial charge < -0.3 is 4.74 Å². The zero-order valence-electron chi connectivity index (χ0n) is 15.1. The zero-order valence-corrected chi connectivity index (χ0v) is 16.7. The van der Waals surface area contributed by atoms with Crippen molar-refractivity contribution in [1.29, 1.82) is 0 Å². The van der Waals surface area contributed by atoms with Gasteiger partial charge in [0.15, 0.2) is 0 Å². The van der Waals surface area contributed by atoms with Crippen LogP contribution in [0.1, 0.15) is 25.3 Å². The number of halogens is 1. The van der Waals surface area contributed by atoms with E-state index in [1.54, 1.807) is 0 Å². The largest absolute Gasteiger partial charge is 0.494 e. The molecule has 1 nitrogen and oxygen atoms in total. The first-order chi connectivity index (χ1) is 12.7. The lowest BCUT2D eigenvalue weighted by Crippen LogP contribution is -2.00. The fourth-order valence-corrected chi connectivity index (χ4v) is 6.25. The molecular formula is C23H25ClOS. The van der Waals surface area contributed by atoms with Gasteiger partial charge in [-0.3, -0.25) is 0 Å². The summed E-state index contributed by atoms with van der Waals surface area (Å²) in [6.45, 7) is 2.94. The third-order valence-electron chi connectivity index (χ3n) is 4.29. The van der Waals surface area contributed by atoms with Gasteiger partial charge in [-0.2, -0.15) is 0 Å². The van der Waals surface area contributed by atoms with Crippen molar-refractivity contribution in [3.8, 4) is 5.75 Å². The van der Waals surface area contributed by atoms with Crippen molar-refractivity contribution in [2.24, 2.45) is 0 Å².